The minimum Gasteiger partial charge on any atom is -0.303 e. The maximum Gasteiger partial charge on any atom is 0.151 e. The van der Waals surface area contributed by atoms with Crippen LogP contribution in [0.15, 0.2) is 24.3 Å². The van der Waals surface area contributed by atoms with Crippen LogP contribution in [0.1, 0.15) is 17.0 Å². The number of rotatable bonds is 3. The van der Waals surface area contributed by atoms with Crippen molar-refractivity contribution >= 4 is 16.1 Å². The summed E-state index contributed by atoms with van der Waals surface area (Å²) in [4.78, 5) is 10.8. The summed E-state index contributed by atoms with van der Waals surface area (Å²) < 4.78 is 22.9. The number of carbonyl (C=O) groups excluding carboxylic acids is 1. The average molecular weight is 238 g/mol. The molecule has 1 aliphatic carbocycles. The lowest BCUT2D eigenvalue weighted by molar-refractivity contribution is -0.108. The van der Waals surface area contributed by atoms with E-state index < -0.39 is 15.1 Å². The van der Waals surface area contributed by atoms with Gasteiger partial charge in [-0.3, -0.25) is 0 Å². The van der Waals surface area contributed by atoms with Gasteiger partial charge in [0.1, 0.15) is 6.29 Å². The number of sulfone groups is 1. The van der Waals surface area contributed by atoms with Crippen molar-refractivity contribution in [2.45, 2.75) is 18.1 Å². The first-order chi connectivity index (χ1) is 7.45. The highest BCUT2D eigenvalue weighted by molar-refractivity contribution is 7.91. The quantitative estimate of drug-likeness (QED) is 0.746. The topological polar surface area (TPSA) is 51.2 Å². The second-order valence-corrected chi connectivity index (χ2v) is 6.65. The van der Waals surface area contributed by atoms with Gasteiger partial charge in [-0.1, -0.05) is 29.8 Å². The van der Waals surface area contributed by atoms with E-state index in [9.17, 15) is 13.2 Å². The molecule has 0 unspecified atom stereocenters. The third-order valence-electron chi connectivity index (χ3n) is 3.12. The Balaban J connectivity index is 2.30. The van der Waals surface area contributed by atoms with Crippen LogP contribution in [0.25, 0.3) is 0 Å². The highest BCUT2D eigenvalue weighted by atomic mass is 32.2. The Morgan fingerprint density at radius 3 is 2.12 bits per heavy atom. The molecule has 86 valence electrons. The van der Waals surface area contributed by atoms with Gasteiger partial charge in [-0.2, -0.15) is 0 Å². The van der Waals surface area contributed by atoms with Gasteiger partial charge in [0, 0.05) is 18.1 Å². The summed E-state index contributed by atoms with van der Waals surface area (Å²) in [6.45, 7) is 1.97. The summed E-state index contributed by atoms with van der Waals surface area (Å²) in [6.07, 6.45) is 1.96. The normalized spacial score (nSPS) is 28.8. The smallest absolute Gasteiger partial charge is 0.151 e. The zero-order valence-corrected chi connectivity index (χ0v) is 10.1. The van der Waals surface area contributed by atoms with Gasteiger partial charge in [0.25, 0.3) is 0 Å². The summed E-state index contributed by atoms with van der Waals surface area (Å²) in [5, 5.41) is -0.521. The van der Waals surface area contributed by atoms with E-state index in [1.54, 1.807) is 0 Å². The SMILES string of the molecule is Cc1ccc([C@H]2[C@H](C=O)[C@H]2S(C)(=O)=O)cc1. The molecule has 0 N–H and O–H groups in total. The summed E-state index contributed by atoms with van der Waals surface area (Å²) in [5.74, 6) is -0.509. The van der Waals surface area contributed by atoms with Gasteiger partial charge in [-0.25, -0.2) is 8.42 Å². The van der Waals surface area contributed by atoms with Gasteiger partial charge >= 0.3 is 0 Å². The molecule has 3 nitrogen and oxygen atoms in total. The first-order valence-electron chi connectivity index (χ1n) is 5.16. The molecule has 4 heteroatoms. The van der Waals surface area contributed by atoms with Gasteiger partial charge in [0.15, 0.2) is 9.84 Å². The molecule has 0 saturated heterocycles. The van der Waals surface area contributed by atoms with Crippen molar-refractivity contribution in [3.63, 3.8) is 0 Å². The Morgan fingerprint density at radius 1 is 1.19 bits per heavy atom. The van der Waals surface area contributed by atoms with E-state index in [0.29, 0.717) is 0 Å². The predicted molar refractivity (Wildman–Crippen MR) is 62.1 cm³/mol. The molecule has 1 fully saturated rings. The van der Waals surface area contributed by atoms with E-state index in [-0.39, 0.29) is 11.8 Å². The van der Waals surface area contributed by atoms with Gasteiger partial charge in [-0.15, -0.1) is 0 Å². The molecule has 1 aliphatic rings. The van der Waals surface area contributed by atoms with E-state index >= 15 is 0 Å². The fourth-order valence-corrected chi connectivity index (χ4v) is 3.80. The molecule has 1 aromatic rings. The van der Waals surface area contributed by atoms with Crippen molar-refractivity contribution in [1.29, 1.82) is 0 Å². The van der Waals surface area contributed by atoms with Crippen LogP contribution in [-0.2, 0) is 14.6 Å². The summed E-state index contributed by atoms with van der Waals surface area (Å²) >= 11 is 0. The maximum atomic E-state index is 11.5. The third-order valence-corrected chi connectivity index (χ3v) is 4.72. The lowest BCUT2D eigenvalue weighted by atomic mass is 10.1. The van der Waals surface area contributed by atoms with Crippen LogP contribution in [-0.4, -0.2) is 26.2 Å². The molecule has 0 spiro atoms. The Morgan fingerprint density at radius 2 is 1.75 bits per heavy atom. The fourth-order valence-electron chi connectivity index (χ4n) is 2.22. The van der Waals surface area contributed by atoms with Crippen molar-refractivity contribution in [1.82, 2.24) is 0 Å². The molecule has 0 aromatic heterocycles. The molecule has 0 amide bonds. The monoisotopic (exact) mass is 238 g/mol. The van der Waals surface area contributed by atoms with Crippen LogP contribution in [0.5, 0.6) is 0 Å². The van der Waals surface area contributed by atoms with Gasteiger partial charge in [0.05, 0.1) is 5.25 Å². The molecule has 16 heavy (non-hydrogen) atoms. The number of hydrogen-bond donors (Lipinski definition) is 0. The second kappa shape index (κ2) is 3.70. The molecule has 0 aliphatic heterocycles. The number of hydrogen-bond acceptors (Lipinski definition) is 3. The largest absolute Gasteiger partial charge is 0.303 e. The summed E-state index contributed by atoms with van der Waals surface area (Å²) in [5.41, 5.74) is 2.07. The second-order valence-electron chi connectivity index (χ2n) is 4.44. The van der Waals surface area contributed by atoms with Crippen molar-refractivity contribution in [2.75, 3.05) is 6.26 Å². The highest BCUT2D eigenvalue weighted by Crippen LogP contribution is 2.50. The lowest BCUT2D eigenvalue weighted by Crippen LogP contribution is -2.07. The maximum absolute atomic E-state index is 11.5. The highest BCUT2D eigenvalue weighted by Gasteiger charge is 2.57. The van der Waals surface area contributed by atoms with Crippen molar-refractivity contribution in [2.24, 2.45) is 5.92 Å². The molecule has 3 atom stereocenters. The molecule has 1 saturated carbocycles. The van der Waals surface area contributed by atoms with Gasteiger partial charge in [-0.05, 0) is 12.5 Å². The van der Waals surface area contributed by atoms with Crippen LogP contribution in [0.2, 0.25) is 0 Å². The molecule has 1 aromatic carbocycles. The van der Waals surface area contributed by atoms with Crippen molar-refractivity contribution in [3.05, 3.63) is 35.4 Å². The van der Waals surface area contributed by atoms with E-state index in [1.165, 1.54) is 6.26 Å². The Labute approximate surface area is 95.4 Å². The van der Waals surface area contributed by atoms with E-state index in [0.717, 1.165) is 17.4 Å². The van der Waals surface area contributed by atoms with Crippen molar-refractivity contribution in [3.8, 4) is 0 Å². The van der Waals surface area contributed by atoms with Crippen molar-refractivity contribution < 1.29 is 13.2 Å². The van der Waals surface area contributed by atoms with Crippen LogP contribution in [0.3, 0.4) is 0 Å². The minimum absolute atomic E-state index is 0.145. The number of carbonyl (C=O) groups is 1. The van der Waals surface area contributed by atoms with Crippen LogP contribution < -0.4 is 0 Å². The molecular formula is C12H14O3S. The Bertz CT molecular complexity index is 502. The van der Waals surface area contributed by atoms with Gasteiger partial charge < -0.3 is 4.79 Å². The molecule has 0 radical (unpaired) electrons. The van der Waals surface area contributed by atoms with Crippen LogP contribution in [0.4, 0.5) is 0 Å². The molecule has 0 bridgehead atoms. The zero-order chi connectivity index (χ0) is 11.9. The number of aldehydes is 1. The lowest BCUT2D eigenvalue weighted by Gasteiger charge is -1.99. The number of aryl methyl sites for hydroxylation is 1. The summed E-state index contributed by atoms with van der Waals surface area (Å²) in [6, 6.07) is 7.69. The van der Waals surface area contributed by atoms with E-state index in [4.69, 9.17) is 0 Å². The first kappa shape index (κ1) is 11.3. The van der Waals surface area contributed by atoms with Gasteiger partial charge in [0.2, 0.25) is 0 Å². The van der Waals surface area contributed by atoms with Crippen LogP contribution >= 0.6 is 0 Å². The van der Waals surface area contributed by atoms with E-state index in [2.05, 4.69) is 0 Å². The molecule has 2 rings (SSSR count). The van der Waals surface area contributed by atoms with Crippen LogP contribution in [0, 0.1) is 12.8 Å². The third kappa shape index (κ3) is 1.89. The van der Waals surface area contributed by atoms with E-state index in [1.807, 2.05) is 31.2 Å². The minimum atomic E-state index is -3.13. The first-order valence-corrected chi connectivity index (χ1v) is 7.11. The average Bonchev–Trinajstić information content (AvgIpc) is 2.92. The number of benzene rings is 1. The Hall–Kier alpha value is -1.16. The standard InChI is InChI=1S/C12H14O3S/c1-8-3-5-9(6-4-8)11-10(7-13)12(11)16(2,14)15/h3-7,10-12H,1-2H3/t10-,11-,12+/m0/s1. The predicted octanol–water partition coefficient (Wildman–Crippen LogP) is 1.32. The molecule has 0 heterocycles. The summed E-state index contributed by atoms with van der Waals surface area (Å²) in [7, 11) is -3.13. The molecular weight excluding hydrogens is 224 g/mol. The zero-order valence-electron chi connectivity index (χ0n) is 9.25. The Kier molecular flexibility index (Phi) is 2.62. The fraction of sp³-hybridized carbons (Fsp3) is 0.417.